The van der Waals surface area contributed by atoms with E-state index in [0.717, 1.165) is 16.9 Å². The van der Waals surface area contributed by atoms with Gasteiger partial charge in [0.25, 0.3) is 0 Å². The number of carbonyl (C=O) groups excluding carboxylic acids is 2. The van der Waals surface area contributed by atoms with Gasteiger partial charge in [0, 0.05) is 18.1 Å². The average molecular weight is 373 g/mol. The first kappa shape index (κ1) is 18.3. The van der Waals surface area contributed by atoms with E-state index in [-0.39, 0.29) is 18.2 Å². The summed E-state index contributed by atoms with van der Waals surface area (Å²) in [7, 11) is 0. The first-order valence-electron chi connectivity index (χ1n) is 8.63. The van der Waals surface area contributed by atoms with Gasteiger partial charge in [-0.05, 0) is 42.3 Å². The van der Waals surface area contributed by atoms with Gasteiger partial charge >= 0.3 is 0 Å². The van der Waals surface area contributed by atoms with Crippen molar-refractivity contribution in [2.24, 2.45) is 0 Å². The summed E-state index contributed by atoms with van der Waals surface area (Å²) >= 11 is 6.06. The van der Waals surface area contributed by atoms with Gasteiger partial charge in [-0.1, -0.05) is 35.9 Å². The molecule has 1 heterocycles. The van der Waals surface area contributed by atoms with Crippen LogP contribution in [0, 0.1) is 0 Å². The summed E-state index contributed by atoms with van der Waals surface area (Å²) in [4.78, 5) is 26.9. The predicted octanol–water partition coefficient (Wildman–Crippen LogP) is 2.98. The Morgan fingerprint density at radius 1 is 1.27 bits per heavy atom. The number of hydrogen-bond donors (Lipinski definition) is 1. The quantitative estimate of drug-likeness (QED) is 0.877. The molecule has 1 atom stereocenters. The lowest BCUT2D eigenvalue weighted by Gasteiger charge is -2.35. The van der Waals surface area contributed by atoms with Crippen LogP contribution in [-0.4, -0.2) is 36.4 Å². The normalized spacial score (nSPS) is 16.9. The Bertz CT molecular complexity index is 792. The Kier molecular flexibility index (Phi) is 5.78. The zero-order valence-corrected chi connectivity index (χ0v) is 15.3. The third-order valence-electron chi connectivity index (χ3n) is 4.29. The average Bonchev–Trinajstić information content (AvgIpc) is 2.63. The zero-order chi connectivity index (χ0) is 18.5. The number of piperazine rings is 1. The highest BCUT2D eigenvalue weighted by Crippen LogP contribution is 2.26. The summed E-state index contributed by atoms with van der Waals surface area (Å²) in [5.74, 6) is 0.505. The van der Waals surface area contributed by atoms with E-state index in [1.54, 1.807) is 23.1 Å². The number of carbonyl (C=O) groups is 2. The lowest BCUT2D eigenvalue weighted by Crippen LogP contribution is -2.52. The molecule has 0 saturated carbocycles. The van der Waals surface area contributed by atoms with Crippen molar-refractivity contribution in [1.29, 1.82) is 0 Å². The first-order valence-corrected chi connectivity index (χ1v) is 9.00. The van der Waals surface area contributed by atoms with E-state index >= 15 is 0 Å². The van der Waals surface area contributed by atoms with E-state index in [1.807, 2.05) is 37.3 Å². The van der Waals surface area contributed by atoms with E-state index in [9.17, 15) is 9.59 Å². The van der Waals surface area contributed by atoms with Gasteiger partial charge in [-0.25, -0.2) is 0 Å². The molecule has 0 radical (unpaired) electrons. The monoisotopic (exact) mass is 372 g/mol. The zero-order valence-electron chi connectivity index (χ0n) is 14.6. The summed E-state index contributed by atoms with van der Waals surface area (Å²) in [6.45, 7) is 3.45. The van der Waals surface area contributed by atoms with Crippen molar-refractivity contribution in [1.82, 2.24) is 10.2 Å². The number of nitrogens with zero attached hydrogens (tertiary/aromatic N) is 1. The maximum absolute atomic E-state index is 12.9. The van der Waals surface area contributed by atoms with Crippen LogP contribution in [0.15, 0.2) is 48.5 Å². The minimum absolute atomic E-state index is 0.0889. The van der Waals surface area contributed by atoms with Crippen molar-refractivity contribution in [3.05, 3.63) is 64.7 Å². The molecular formula is C20H21ClN2O3. The fraction of sp³-hybridized carbons (Fsp3) is 0.300. The Morgan fingerprint density at radius 3 is 2.73 bits per heavy atom. The second-order valence-corrected chi connectivity index (χ2v) is 6.53. The van der Waals surface area contributed by atoms with Crippen molar-refractivity contribution < 1.29 is 14.3 Å². The molecule has 1 aliphatic rings. The molecule has 0 aliphatic carbocycles. The maximum atomic E-state index is 12.9. The summed E-state index contributed by atoms with van der Waals surface area (Å²) in [5.41, 5.74) is 1.60. The molecule has 6 heteroatoms. The van der Waals surface area contributed by atoms with Crippen LogP contribution in [0.2, 0.25) is 5.02 Å². The van der Waals surface area contributed by atoms with Gasteiger partial charge < -0.3 is 15.0 Å². The minimum Gasteiger partial charge on any atom is -0.494 e. The highest BCUT2D eigenvalue weighted by molar-refractivity contribution is 6.30. The topological polar surface area (TPSA) is 58.6 Å². The van der Waals surface area contributed by atoms with E-state index in [0.29, 0.717) is 24.7 Å². The molecule has 0 spiro atoms. The molecule has 26 heavy (non-hydrogen) atoms. The summed E-state index contributed by atoms with van der Waals surface area (Å²) in [6, 6.07) is 13.9. The smallest absolute Gasteiger partial charge is 0.247 e. The molecule has 0 aromatic heterocycles. The molecule has 1 unspecified atom stereocenters. The molecule has 1 N–H and O–H groups in total. The largest absolute Gasteiger partial charge is 0.494 e. The molecule has 2 aromatic carbocycles. The highest BCUT2D eigenvalue weighted by atomic mass is 35.5. The molecule has 0 bridgehead atoms. The Morgan fingerprint density at radius 2 is 2.04 bits per heavy atom. The number of amides is 2. The molecule has 3 rings (SSSR count). The van der Waals surface area contributed by atoms with Gasteiger partial charge in [-0.15, -0.1) is 0 Å². The molecule has 5 nitrogen and oxygen atoms in total. The van der Waals surface area contributed by atoms with Gasteiger partial charge in [0.05, 0.1) is 13.0 Å². The number of benzene rings is 2. The second-order valence-electron chi connectivity index (χ2n) is 6.09. The van der Waals surface area contributed by atoms with Gasteiger partial charge in [0.2, 0.25) is 11.8 Å². The van der Waals surface area contributed by atoms with Crippen LogP contribution in [0.3, 0.4) is 0 Å². The lowest BCUT2D eigenvalue weighted by atomic mass is 10.0. The minimum atomic E-state index is -0.655. The van der Waals surface area contributed by atoms with E-state index in [1.165, 1.54) is 0 Å². The third kappa shape index (κ3) is 4.17. The Balaban J connectivity index is 1.78. The highest BCUT2D eigenvalue weighted by Gasteiger charge is 2.34. The number of hydrogen-bond acceptors (Lipinski definition) is 3. The number of rotatable bonds is 5. The summed E-state index contributed by atoms with van der Waals surface area (Å²) < 4.78 is 5.42. The lowest BCUT2D eigenvalue weighted by molar-refractivity contribution is -0.143. The van der Waals surface area contributed by atoms with E-state index < -0.39 is 6.04 Å². The third-order valence-corrected chi connectivity index (χ3v) is 4.52. The SMILES string of the molecule is CCOc1ccc(CC(=O)N2CCNC(=O)C2c2cccc(Cl)c2)cc1. The fourth-order valence-corrected chi connectivity index (χ4v) is 3.29. The predicted molar refractivity (Wildman–Crippen MR) is 100 cm³/mol. The molecule has 1 aliphatic heterocycles. The van der Waals surface area contributed by atoms with Crippen molar-refractivity contribution in [3.8, 4) is 5.75 Å². The first-order chi connectivity index (χ1) is 12.6. The van der Waals surface area contributed by atoms with E-state index in [4.69, 9.17) is 16.3 Å². The number of ether oxygens (including phenoxy) is 1. The van der Waals surface area contributed by atoms with Crippen molar-refractivity contribution in [2.45, 2.75) is 19.4 Å². The van der Waals surface area contributed by atoms with Crippen LogP contribution >= 0.6 is 11.6 Å². The molecule has 2 aromatic rings. The molecule has 2 amide bonds. The number of halogens is 1. The second kappa shape index (κ2) is 8.23. The fourth-order valence-electron chi connectivity index (χ4n) is 3.09. The van der Waals surface area contributed by atoms with E-state index in [2.05, 4.69) is 5.32 Å². The van der Waals surface area contributed by atoms with Gasteiger partial charge in [0.1, 0.15) is 11.8 Å². The van der Waals surface area contributed by atoms with Crippen LogP contribution in [0.25, 0.3) is 0 Å². The van der Waals surface area contributed by atoms with Crippen LogP contribution in [-0.2, 0) is 16.0 Å². The van der Waals surface area contributed by atoms with Gasteiger partial charge in [-0.3, -0.25) is 9.59 Å². The van der Waals surface area contributed by atoms with Crippen molar-refractivity contribution in [3.63, 3.8) is 0 Å². The maximum Gasteiger partial charge on any atom is 0.247 e. The Hall–Kier alpha value is -2.53. The van der Waals surface area contributed by atoms with Crippen LogP contribution in [0.5, 0.6) is 5.75 Å². The standard InChI is InChI=1S/C20H21ClN2O3/c1-2-26-17-8-6-14(7-9-17)12-18(24)23-11-10-22-20(25)19(23)15-4-3-5-16(21)13-15/h3-9,13,19H,2,10-12H2,1H3,(H,22,25). The molecular weight excluding hydrogens is 352 g/mol. The summed E-state index contributed by atoms with van der Waals surface area (Å²) in [5, 5.41) is 3.37. The van der Waals surface area contributed by atoms with Crippen molar-refractivity contribution in [2.75, 3.05) is 19.7 Å². The van der Waals surface area contributed by atoms with Gasteiger partial charge in [0.15, 0.2) is 0 Å². The van der Waals surface area contributed by atoms with Crippen LogP contribution < -0.4 is 10.1 Å². The van der Waals surface area contributed by atoms with Crippen LogP contribution in [0.4, 0.5) is 0 Å². The molecule has 1 saturated heterocycles. The Labute approximate surface area is 157 Å². The molecule has 136 valence electrons. The van der Waals surface area contributed by atoms with Crippen molar-refractivity contribution >= 4 is 23.4 Å². The van der Waals surface area contributed by atoms with Crippen LogP contribution in [0.1, 0.15) is 24.1 Å². The van der Waals surface area contributed by atoms with Gasteiger partial charge in [-0.2, -0.15) is 0 Å². The number of nitrogens with one attached hydrogen (secondary N) is 1. The molecule has 1 fully saturated rings. The summed E-state index contributed by atoms with van der Waals surface area (Å²) in [6.07, 6.45) is 0.233.